The number of carboxylic acid groups (broad SMARTS) is 1. The number of nitrogens with zero attached hydrogens (tertiary/aromatic N) is 1. The number of pyridine rings is 1. The molecule has 0 atom stereocenters. The zero-order valence-electron chi connectivity index (χ0n) is 11.1. The van der Waals surface area contributed by atoms with E-state index in [1.165, 1.54) is 30.3 Å². The van der Waals surface area contributed by atoms with Crippen LogP contribution in [0.1, 0.15) is 28.5 Å². The molecular formula is C15H12F3NO2. The predicted octanol–water partition coefficient (Wildman–Crippen LogP) is 4.03. The first-order valence-corrected chi connectivity index (χ1v) is 6.24. The van der Waals surface area contributed by atoms with Gasteiger partial charge in [-0.3, -0.25) is 4.98 Å². The van der Waals surface area contributed by atoms with Crippen LogP contribution < -0.4 is 0 Å². The Labute approximate surface area is 119 Å². The Kier molecular flexibility index (Phi) is 3.97. The second-order valence-electron chi connectivity index (χ2n) is 4.39. The highest BCUT2D eigenvalue weighted by Crippen LogP contribution is 2.36. The van der Waals surface area contributed by atoms with E-state index in [9.17, 15) is 18.0 Å². The van der Waals surface area contributed by atoms with Crippen molar-refractivity contribution in [2.75, 3.05) is 0 Å². The lowest BCUT2D eigenvalue weighted by Crippen LogP contribution is -2.09. The molecule has 0 spiro atoms. The molecule has 6 heteroatoms. The monoisotopic (exact) mass is 295 g/mol. The number of hydrogen-bond acceptors (Lipinski definition) is 2. The van der Waals surface area contributed by atoms with Crippen LogP contribution >= 0.6 is 0 Å². The first-order chi connectivity index (χ1) is 9.84. The Balaban J connectivity index is 2.61. The standard InChI is InChI=1S/C15H12F3NO2/c1-2-12-10(14(20)21)7-8-13(19-12)9-5-3-4-6-11(9)15(16,17)18/h3-8H,2H2,1H3,(H,20,21). The van der Waals surface area contributed by atoms with E-state index in [2.05, 4.69) is 4.98 Å². The van der Waals surface area contributed by atoms with Gasteiger partial charge in [0.15, 0.2) is 0 Å². The summed E-state index contributed by atoms with van der Waals surface area (Å²) in [4.78, 5) is 15.1. The number of carbonyl (C=O) groups is 1. The van der Waals surface area contributed by atoms with Crippen LogP contribution in [0, 0.1) is 0 Å². The van der Waals surface area contributed by atoms with Crippen LogP contribution in [0.2, 0.25) is 0 Å². The second kappa shape index (κ2) is 5.55. The molecule has 0 radical (unpaired) electrons. The molecule has 110 valence electrons. The zero-order valence-corrected chi connectivity index (χ0v) is 11.1. The first kappa shape index (κ1) is 15.0. The van der Waals surface area contributed by atoms with Gasteiger partial charge in [-0.25, -0.2) is 4.79 Å². The van der Waals surface area contributed by atoms with Crippen LogP contribution in [0.15, 0.2) is 36.4 Å². The van der Waals surface area contributed by atoms with Crippen molar-refractivity contribution >= 4 is 5.97 Å². The summed E-state index contributed by atoms with van der Waals surface area (Å²) in [5.74, 6) is -1.14. The molecule has 1 aromatic heterocycles. The molecule has 2 rings (SSSR count). The summed E-state index contributed by atoms with van der Waals surface area (Å²) in [7, 11) is 0. The van der Waals surface area contributed by atoms with Gasteiger partial charge in [0.25, 0.3) is 0 Å². The van der Waals surface area contributed by atoms with Crippen molar-refractivity contribution in [3.8, 4) is 11.3 Å². The fourth-order valence-electron chi connectivity index (χ4n) is 2.07. The van der Waals surface area contributed by atoms with Gasteiger partial charge >= 0.3 is 12.1 Å². The maximum absolute atomic E-state index is 13.0. The molecule has 0 aliphatic heterocycles. The molecule has 0 fully saturated rings. The highest BCUT2D eigenvalue weighted by atomic mass is 19.4. The number of benzene rings is 1. The molecule has 21 heavy (non-hydrogen) atoms. The lowest BCUT2D eigenvalue weighted by atomic mass is 10.0. The van der Waals surface area contributed by atoms with E-state index in [1.54, 1.807) is 6.92 Å². The lowest BCUT2D eigenvalue weighted by molar-refractivity contribution is -0.137. The number of carboxylic acids is 1. The van der Waals surface area contributed by atoms with E-state index in [4.69, 9.17) is 5.11 Å². The largest absolute Gasteiger partial charge is 0.478 e. The van der Waals surface area contributed by atoms with Crippen LogP contribution in [0.3, 0.4) is 0 Å². The van der Waals surface area contributed by atoms with Gasteiger partial charge in [0, 0.05) is 5.56 Å². The summed E-state index contributed by atoms with van der Waals surface area (Å²) in [5, 5.41) is 9.02. The van der Waals surface area contributed by atoms with Gasteiger partial charge in [-0.05, 0) is 24.6 Å². The average Bonchev–Trinajstić information content (AvgIpc) is 2.45. The third-order valence-corrected chi connectivity index (χ3v) is 3.05. The van der Waals surface area contributed by atoms with Gasteiger partial charge in [-0.15, -0.1) is 0 Å². The quantitative estimate of drug-likeness (QED) is 0.930. The Morgan fingerprint density at radius 3 is 2.43 bits per heavy atom. The fourth-order valence-corrected chi connectivity index (χ4v) is 2.07. The SMILES string of the molecule is CCc1nc(-c2ccccc2C(F)(F)F)ccc1C(=O)O. The molecule has 0 saturated heterocycles. The fraction of sp³-hybridized carbons (Fsp3) is 0.200. The minimum absolute atomic E-state index is 0.00531. The van der Waals surface area contributed by atoms with E-state index < -0.39 is 17.7 Å². The number of rotatable bonds is 3. The summed E-state index contributed by atoms with van der Waals surface area (Å²) in [6.45, 7) is 1.70. The van der Waals surface area contributed by atoms with E-state index in [0.29, 0.717) is 6.42 Å². The van der Waals surface area contributed by atoms with Crippen molar-refractivity contribution in [2.24, 2.45) is 0 Å². The van der Waals surface area contributed by atoms with E-state index >= 15 is 0 Å². The van der Waals surface area contributed by atoms with Crippen LogP contribution in [0.5, 0.6) is 0 Å². The molecule has 0 unspecified atom stereocenters. The molecule has 0 saturated carbocycles. The van der Waals surface area contributed by atoms with E-state index in [-0.39, 0.29) is 22.5 Å². The predicted molar refractivity (Wildman–Crippen MR) is 71.0 cm³/mol. The van der Waals surface area contributed by atoms with Gasteiger partial charge in [-0.2, -0.15) is 13.2 Å². The number of aromatic carboxylic acids is 1. The topological polar surface area (TPSA) is 50.2 Å². The minimum atomic E-state index is -4.49. The maximum atomic E-state index is 13.0. The Bertz CT molecular complexity index is 681. The summed E-state index contributed by atoms with van der Waals surface area (Å²) in [6.07, 6.45) is -4.17. The van der Waals surface area contributed by atoms with Crippen molar-refractivity contribution in [3.63, 3.8) is 0 Å². The van der Waals surface area contributed by atoms with Gasteiger partial charge < -0.3 is 5.11 Å². The average molecular weight is 295 g/mol. The smallest absolute Gasteiger partial charge is 0.417 e. The molecule has 0 aliphatic carbocycles. The molecule has 1 aromatic carbocycles. The maximum Gasteiger partial charge on any atom is 0.417 e. The third-order valence-electron chi connectivity index (χ3n) is 3.05. The molecule has 3 nitrogen and oxygen atoms in total. The van der Waals surface area contributed by atoms with Crippen LogP contribution in [0.4, 0.5) is 13.2 Å². The van der Waals surface area contributed by atoms with Crippen LogP contribution in [-0.4, -0.2) is 16.1 Å². The molecule has 0 aliphatic rings. The van der Waals surface area contributed by atoms with Crippen LogP contribution in [-0.2, 0) is 12.6 Å². The second-order valence-corrected chi connectivity index (χ2v) is 4.39. The van der Waals surface area contributed by atoms with Gasteiger partial charge in [0.05, 0.1) is 22.5 Å². The molecule has 2 aromatic rings. The summed E-state index contributed by atoms with van der Waals surface area (Å²) in [6, 6.07) is 7.68. The summed E-state index contributed by atoms with van der Waals surface area (Å²) < 4.78 is 39.0. The normalized spacial score (nSPS) is 11.4. The Morgan fingerprint density at radius 1 is 1.19 bits per heavy atom. The van der Waals surface area contributed by atoms with Crippen molar-refractivity contribution in [1.29, 1.82) is 0 Å². The first-order valence-electron chi connectivity index (χ1n) is 6.24. The van der Waals surface area contributed by atoms with Crippen LogP contribution in [0.25, 0.3) is 11.3 Å². The number of aromatic nitrogens is 1. The number of aryl methyl sites for hydroxylation is 1. The number of alkyl halides is 3. The Morgan fingerprint density at radius 2 is 1.86 bits per heavy atom. The van der Waals surface area contributed by atoms with Crippen molar-refractivity contribution in [1.82, 2.24) is 4.98 Å². The molecule has 0 bridgehead atoms. The van der Waals surface area contributed by atoms with Crippen molar-refractivity contribution < 1.29 is 23.1 Å². The van der Waals surface area contributed by atoms with Crippen molar-refractivity contribution in [3.05, 3.63) is 53.2 Å². The molecule has 1 N–H and O–H groups in total. The highest BCUT2D eigenvalue weighted by molar-refractivity contribution is 5.89. The third kappa shape index (κ3) is 3.04. The molecule has 1 heterocycles. The van der Waals surface area contributed by atoms with Crippen molar-refractivity contribution in [2.45, 2.75) is 19.5 Å². The summed E-state index contributed by atoms with van der Waals surface area (Å²) in [5.41, 5.74) is -0.466. The number of halogens is 3. The van der Waals surface area contributed by atoms with Gasteiger partial charge in [-0.1, -0.05) is 25.1 Å². The zero-order chi connectivity index (χ0) is 15.6. The minimum Gasteiger partial charge on any atom is -0.478 e. The number of hydrogen-bond donors (Lipinski definition) is 1. The summed E-state index contributed by atoms with van der Waals surface area (Å²) >= 11 is 0. The van der Waals surface area contributed by atoms with E-state index in [1.807, 2.05) is 0 Å². The van der Waals surface area contributed by atoms with E-state index in [0.717, 1.165) is 6.07 Å². The van der Waals surface area contributed by atoms with Gasteiger partial charge in [0.2, 0.25) is 0 Å². The lowest BCUT2D eigenvalue weighted by Gasteiger charge is -2.13. The van der Waals surface area contributed by atoms with Gasteiger partial charge in [0.1, 0.15) is 0 Å². The highest BCUT2D eigenvalue weighted by Gasteiger charge is 2.33. The molecular weight excluding hydrogens is 283 g/mol. The molecule has 0 amide bonds. The Hall–Kier alpha value is -2.37.